The lowest BCUT2D eigenvalue weighted by atomic mass is 10.0. The lowest BCUT2D eigenvalue weighted by Crippen LogP contribution is -2.31. The molecule has 7 rings (SSSR count). The van der Waals surface area contributed by atoms with Crippen molar-refractivity contribution in [3.8, 4) is 29.0 Å². The Hall–Kier alpha value is -6.00. The van der Waals surface area contributed by atoms with Gasteiger partial charge in [0.05, 0.1) is 65.6 Å². The van der Waals surface area contributed by atoms with Crippen LogP contribution in [0, 0.1) is 23.5 Å². The van der Waals surface area contributed by atoms with Crippen molar-refractivity contribution in [1.82, 2.24) is 34.1 Å². The normalized spacial score (nSPS) is 13.9. The number of aromatic nitrogens is 7. The highest BCUT2D eigenvalue weighted by Crippen LogP contribution is 2.29. The smallest absolute Gasteiger partial charge is 0.335 e. The van der Waals surface area contributed by atoms with Crippen molar-refractivity contribution >= 4 is 17.0 Å². The molecule has 1 aliphatic heterocycles. The summed E-state index contributed by atoms with van der Waals surface area (Å²) in [6.07, 6.45) is 7.16. The maximum absolute atomic E-state index is 15.6. The first kappa shape index (κ1) is 30.6. The number of carboxylic acid groups (broad SMARTS) is 1. The molecule has 13 heteroatoms. The van der Waals surface area contributed by atoms with E-state index in [0.29, 0.717) is 41.4 Å². The zero-order valence-electron chi connectivity index (χ0n) is 25.6. The molecule has 0 bridgehead atoms. The van der Waals surface area contributed by atoms with Crippen molar-refractivity contribution in [3.63, 3.8) is 0 Å². The Labute approximate surface area is 272 Å². The van der Waals surface area contributed by atoms with Crippen LogP contribution in [0.1, 0.15) is 45.2 Å². The van der Waals surface area contributed by atoms with Gasteiger partial charge in [-0.3, -0.25) is 4.98 Å². The Bertz CT molecular complexity index is 2220. The summed E-state index contributed by atoms with van der Waals surface area (Å²) in [5.74, 6) is 4.22. The number of nitrogens with zero attached hydrogens (tertiary/aromatic N) is 7. The van der Waals surface area contributed by atoms with Crippen molar-refractivity contribution < 1.29 is 28.2 Å². The van der Waals surface area contributed by atoms with Gasteiger partial charge in [-0.25, -0.2) is 33.5 Å². The fourth-order valence-electron chi connectivity index (χ4n) is 5.26. The van der Waals surface area contributed by atoms with E-state index in [2.05, 4.69) is 36.8 Å². The number of hydrogen-bond acceptors (Lipinski definition) is 8. The minimum absolute atomic E-state index is 0.0157. The quantitative estimate of drug-likeness (QED) is 0.217. The average molecular weight is 648 g/mol. The van der Waals surface area contributed by atoms with Crippen LogP contribution in [0.5, 0.6) is 5.88 Å². The molecule has 1 atom stereocenters. The monoisotopic (exact) mass is 647 g/mol. The largest absolute Gasteiger partial charge is 0.478 e. The number of imidazole rings is 2. The van der Waals surface area contributed by atoms with E-state index in [0.717, 1.165) is 24.2 Å². The molecule has 1 N–H and O–H groups in total. The maximum atomic E-state index is 15.6. The average Bonchev–Trinajstić information content (AvgIpc) is 3.64. The van der Waals surface area contributed by atoms with Gasteiger partial charge in [0.15, 0.2) is 0 Å². The first-order valence-electron chi connectivity index (χ1n) is 15.0. The van der Waals surface area contributed by atoms with Gasteiger partial charge in [0.25, 0.3) is 0 Å². The molecule has 0 saturated carbocycles. The van der Waals surface area contributed by atoms with Crippen LogP contribution in [0.15, 0.2) is 73.4 Å². The minimum atomic E-state index is -1.07. The first-order valence-corrected chi connectivity index (χ1v) is 15.0. The Morgan fingerprint density at radius 3 is 2.67 bits per heavy atom. The number of carboxylic acids is 1. The van der Waals surface area contributed by atoms with Crippen LogP contribution in [-0.4, -0.2) is 57.8 Å². The summed E-state index contributed by atoms with van der Waals surface area (Å²) >= 11 is 0. The zero-order valence-corrected chi connectivity index (χ0v) is 25.6. The van der Waals surface area contributed by atoms with Crippen LogP contribution in [-0.2, 0) is 31.4 Å². The predicted octanol–water partition coefficient (Wildman–Crippen LogP) is 4.96. The lowest BCUT2D eigenvalue weighted by Gasteiger charge is -2.27. The fraction of sp³-hybridized carbons (Fsp3) is 0.200. The lowest BCUT2D eigenvalue weighted by molar-refractivity contribution is -0.0589. The van der Waals surface area contributed by atoms with Gasteiger partial charge < -0.3 is 23.7 Å². The molecule has 0 spiro atoms. The number of aryl methyl sites for hydroxylation is 1. The van der Waals surface area contributed by atoms with Crippen LogP contribution >= 0.6 is 0 Å². The third-order valence-corrected chi connectivity index (χ3v) is 7.95. The molecular weight excluding hydrogens is 620 g/mol. The van der Waals surface area contributed by atoms with Gasteiger partial charge in [0.1, 0.15) is 35.5 Å². The molecule has 5 heterocycles. The van der Waals surface area contributed by atoms with Gasteiger partial charge in [-0.2, -0.15) is 0 Å². The van der Waals surface area contributed by atoms with Gasteiger partial charge in [-0.1, -0.05) is 6.07 Å². The van der Waals surface area contributed by atoms with Crippen LogP contribution in [0.25, 0.3) is 22.3 Å². The molecule has 4 aromatic heterocycles. The Morgan fingerprint density at radius 2 is 1.94 bits per heavy atom. The molecule has 240 valence electrons. The highest BCUT2D eigenvalue weighted by Gasteiger charge is 2.24. The number of fused-ring (bicyclic) bond motifs is 1. The van der Waals surface area contributed by atoms with Crippen molar-refractivity contribution in [2.24, 2.45) is 7.05 Å². The predicted molar refractivity (Wildman–Crippen MR) is 169 cm³/mol. The highest BCUT2D eigenvalue weighted by atomic mass is 19.1. The van der Waals surface area contributed by atoms with Gasteiger partial charge in [0, 0.05) is 31.7 Å². The molecular formula is C35H27F2N7O4. The number of ether oxygens (including phenoxy) is 2. The van der Waals surface area contributed by atoms with Crippen molar-refractivity contribution in [1.29, 1.82) is 0 Å². The number of halogens is 2. The van der Waals surface area contributed by atoms with Gasteiger partial charge in [-0.05, 0) is 60.2 Å². The van der Waals surface area contributed by atoms with E-state index in [9.17, 15) is 9.90 Å². The molecule has 0 amide bonds. The molecule has 1 fully saturated rings. The topological polar surface area (TPSA) is 130 Å². The molecule has 11 nitrogen and oxygen atoms in total. The summed E-state index contributed by atoms with van der Waals surface area (Å²) in [4.78, 5) is 33.3. The van der Waals surface area contributed by atoms with Crippen LogP contribution in [0.4, 0.5) is 8.78 Å². The van der Waals surface area contributed by atoms with Crippen molar-refractivity contribution in [2.75, 3.05) is 6.61 Å². The van der Waals surface area contributed by atoms with E-state index in [4.69, 9.17) is 9.47 Å². The second kappa shape index (κ2) is 13.0. The number of benzene rings is 2. The number of rotatable bonds is 9. The fourth-order valence-corrected chi connectivity index (χ4v) is 5.26. The summed E-state index contributed by atoms with van der Waals surface area (Å²) in [6.45, 7) is 1.11. The Balaban J connectivity index is 1.07. The van der Waals surface area contributed by atoms with Crippen LogP contribution in [0.3, 0.4) is 0 Å². The van der Waals surface area contributed by atoms with E-state index in [1.54, 1.807) is 47.6 Å². The molecule has 0 aliphatic carbocycles. The summed E-state index contributed by atoms with van der Waals surface area (Å²) in [6, 6.07) is 11.7. The van der Waals surface area contributed by atoms with Gasteiger partial charge in [0.2, 0.25) is 5.88 Å². The summed E-state index contributed by atoms with van der Waals surface area (Å²) in [5, 5.41) is 9.49. The van der Waals surface area contributed by atoms with E-state index in [-0.39, 0.29) is 47.4 Å². The van der Waals surface area contributed by atoms with E-state index in [1.807, 2.05) is 11.6 Å². The van der Waals surface area contributed by atoms with Gasteiger partial charge >= 0.3 is 5.97 Å². The Kier molecular flexibility index (Phi) is 8.31. The number of aromatic carboxylic acids is 1. The Morgan fingerprint density at radius 1 is 1.06 bits per heavy atom. The summed E-state index contributed by atoms with van der Waals surface area (Å²) in [7, 11) is 1.85. The number of carbonyl (C=O) groups is 1. The van der Waals surface area contributed by atoms with E-state index >= 15 is 8.78 Å². The zero-order chi connectivity index (χ0) is 33.2. The molecule has 1 saturated heterocycles. The molecule has 48 heavy (non-hydrogen) atoms. The van der Waals surface area contributed by atoms with Crippen LogP contribution < -0.4 is 4.74 Å². The van der Waals surface area contributed by atoms with Crippen molar-refractivity contribution in [3.05, 3.63) is 119 Å². The highest BCUT2D eigenvalue weighted by molar-refractivity contribution is 5.92. The minimum Gasteiger partial charge on any atom is -0.478 e. The molecule has 0 radical (unpaired) electrons. The van der Waals surface area contributed by atoms with E-state index in [1.165, 1.54) is 18.3 Å². The second-order valence-corrected chi connectivity index (χ2v) is 11.2. The number of pyridine rings is 1. The third-order valence-electron chi connectivity index (χ3n) is 7.95. The molecule has 0 unspecified atom stereocenters. The first-order chi connectivity index (χ1) is 23.3. The standard InChI is InChI=1S/C35H27F2N7O4/c1-43-20-38-17-25(43)7-6-23-15-40-24(16-39-23)19-48-34-4-2-3-30(42-34)27-14-28(36)22(11-29(27)37)13-33-41-31-8-5-21(35(45)46)12-32(31)44(33)18-26-9-10-47-26/h2-5,8,11-12,14-17,20,26H,9-10,13,18-19H2,1H3,(H,45,46)/t26-/m0/s1. The summed E-state index contributed by atoms with van der Waals surface area (Å²) < 4.78 is 46.1. The van der Waals surface area contributed by atoms with Crippen LogP contribution in [0.2, 0.25) is 0 Å². The van der Waals surface area contributed by atoms with E-state index < -0.39 is 17.6 Å². The summed E-state index contributed by atoms with van der Waals surface area (Å²) in [5.41, 5.74) is 3.28. The van der Waals surface area contributed by atoms with Gasteiger partial charge in [-0.15, -0.1) is 0 Å². The SMILES string of the molecule is Cn1cncc1C#Cc1cnc(COc2cccc(-c3cc(F)c(Cc4nc5ccc(C(=O)O)cc5n4C[C@@H]4CCO4)cc3F)n2)cn1. The maximum Gasteiger partial charge on any atom is 0.335 e. The molecule has 2 aromatic carbocycles. The molecule has 6 aromatic rings. The third kappa shape index (κ3) is 6.47. The van der Waals surface area contributed by atoms with Crippen molar-refractivity contribution in [2.45, 2.75) is 32.1 Å². The molecule has 1 aliphatic rings. The second-order valence-electron chi connectivity index (χ2n) is 11.2. The number of hydrogen-bond donors (Lipinski definition) is 1.